The molecule has 1 atom stereocenters. The second-order valence-electron chi connectivity index (χ2n) is 6.40. The molecular formula is C20H18Cl3N. The molecular weight excluding hydrogens is 361 g/mol. The van der Waals surface area contributed by atoms with Gasteiger partial charge >= 0.3 is 0 Å². The highest BCUT2D eigenvalue weighted by atomic mass is 35.5. The topological polar surface area (TPSA) is 12.9 Å². The molecule has 0 N–H and O–H groups in total. The van der Waals surface area contributed by atoms with Crippen molar-refractivity contribution in [2.75, 3.05) is 0 Å². The maximum atomic E-state index is 6.52. The molecule has 124 valence electrons. The number of aromatic nitrogens is 1. The number of fused-ring (bicyclic) bond motifs is 2. The van der Waals surface area contributed by atoms with Crippen LogP contribution in [0.3, 0.4) is 0 Å². The van der Waals surface area contributed by atoms with Crippen molar-refractivity contribution in [2.24, 2.45) is 5.92 Å². The molecule has 0 saturated heterocycles. The quantitative estimate of drug-likeness (QED) is 0.456. The van der Waals surface area contributed by atoms with Crippen LogP contribution in [0.5, 0.6) is 0 Å². The molecule has 1 unspecified atom stereocenters. The molecule has 1 aliphatic carbocycles. The van der Waals surface area contributed by atoms with Gasteiger partial charge in [0.15, 0.2) is 0 Å². The van der Waals surface area contributed by atoms with E-state index >= 15 is 0 Å². The molecule has 0 bridgehead atoms. The number of hydrogen-bond donors (Lipinski definition) is 0. The normalized spacial score (nSPS) is 16.5. The zero-order chi connectivity index (χ0) is 16.0. The molecule has 1 aliphatic rings. The number of rotatable bonds is 1. The van der Waals surface area contributed by atoms with Crippen LogP contribution in [0, 0.1) is 5.92 Å². The largest absolute Gasteiger partial charge is 0.253 e. The summed E-state index contributed by atoms with van der Waals surface area (Å²) in [6.45, 7) is 2.31. The maximum Gasteiger partial charge on any atom is 0.0712 e. The van der Waals surface area contributed by atoms with E-state index in [0.717, 1.165) is 39.4 Å². The van der Waals surface area contributed by atoms with E-state index in [-0.39, 0.29) is 12.4 Å². The fourth-order valence-electron chi connectivity index (χ4n) is 3.56. The van der Waals surface area contributed by atoms with Crippen LogP contribution in [0.25, 0.3) is 22.0 Å². The molecule has 4 heteroatoms. The first kappa shape index (κ1) is 17.5. The molecule has 4 rings (SSSR count). The second kappa shape index (κ2) is 6.92. The summed E-state index contributed by atoms with van der Waals surface area (Å²) in [5, 5.41) is 2.61. The number of halogens is 3. The van der Waals surface area contributed by atoms with Crippen LogP contribution in [-0.2, 0) is 12.8 Å². The number of aryl methyl sites for hydroxylation is 1. The summed E-state index contributed by atoms with van der Waals surface area (Å²) in [6.07, 6.45) is 3.28. The molecule has 0 fully saturated rings. The summed E-state index contributed by atoms with van der Waals surface area (Å²) in [4.78, 5) is 4.91. The molecule has 0 spiro atoms. The number of hydrogen-bond acceptors (Lipinski definition) is 1. The zero-order valence-electron chi connectivity index (χ0n) is 13.4. The van der Waals surface area contributed by atoms with Crippen molar-refractivity contribution in [3.8, 4) is 11.1 Å². The molecule has 0 radical (unpaired) electrons. The van der Waals surface area contributed by atoms with Gasteiger partial charge in [-0.1, -0.05) is 48.3 Å². The zero-order valence-corrected chi connectivity index (χ0v) is 15.7. The molecule has 0 saturated carbocycles. The maximum absolute atomic E-state index is 6.52. The third kappa shape index (κ3) is 3.01. The molecule has 2 aromatic carbocycles. The lowest BCUT2D eigenvalue weighted by atomic mass is 9.82. The van der Waals surface area contributed by atoms with Gasteiger partial charge in [0.2, 0.25) is 0 Å². The van der Waals surface area contributed by atoms with Crippen molar-refractivity contribution in [2.45, 2.75) is 26.2 Å². The fraction of sp³-hybridized carbons (Fsp3) is 0.250. The van der Waals surface area contributed by atoms with Gasteiger partial charge in [0.25, 0.3) is 0 Å². The minimum atomic E-state index is 0. The summed E-state index contributed by atoms with van der Waals surface area (Å²) < 4.78 is 0. The molecule has 0 aliphatic heterocycles. The van der Waals surface area contributed by atoms with E-state index in [1.807, 2.05) is 36.4 Å². The van der Waals surface area contributed by atoms with Crippen LogP contribution in [0.15, 0.2) is 42.5 Å². The van der Waals surface area contributed by atoms with E-state index in [1.165, 1.54) is 23.2 Å². The lowest BCUT2D eigenvalue weighted by Gasteiger charge is -2.25. The summed E-state index contributed by atoms with van der Waals surface area (Å²) in [5.41, 5.74) is 5.84. The van der Waals surface area contributed by atoms with E-state index in [9.17, 15) is 0 Å². The highest BCUT2D eigenvalue weighted by Gasteiger charge is 2.23. The Balaban J connectivity index is 0.00000169. The number of nitrogens with zero attached hydrogens (tertiary/aromatic N) is 1. The van der Waals surface area contributed by atoms with Crippen molar-refractivity contribution < 1.29 is 0 Å². The second-order valence-corrected chi connectivity index (χ2v) is 7.24. The fourth-order valence-corrected chi connectivity index (χ4v) is 3.96. The van der Waals surface area contributed by atoms with Gasteiger partial charge in [-0.3, -0.25) is 4.98 Å². The predicted octanol–water partition coefficient (Wildman–Crippen LogP) is 6.76. The molecule has 1 nitrogen and oxygen atoms in total. The summed E-state index contributed by atoms with van der Waals surface area (Å²) >= 11 is 12.8. The first-order valence-electron chi connectivity index (χ1n) is 7.99. The van der Waals surface area contributed by atoms with Gasteiger partial charge in [-0.05, 0) is 60.6 Å². The predicted molar refractivity (Wildman–Crippen MR) is 106 cm³/mol. The van der Waals surface area contributed by atoms with E-state index in [1.54, 1.807) is 0 Å². The van der Waals surface area contributed by atoms with Crippen LogP contribution < -0.4 is 0 Å². The van der Waals surface area contributed by atoms with Crippen molar-refractivity contribution >= 4 is 46.5 Å². The van der Waals surface area contributed by atoms with Crippen LogP contribution in [-0.4, -0.2) is 4.98 Å². The Morgan fingerprint density at radius 3 is 2.67 bits per heavy atom. The van der Waals surface area contributed by atoms with Crippen molar-refractivity contribution in [3.05, 3.63) is 63.8 Å². The average Bonchev–Trinajstić information content (AvgIpc) is 2.54. The minimum absolute atomic E-state index is 0. The van der Waals surface area contributed by atoms with Gasteiger partial charge in [-0.25, -0.2) is 0 Å². The summed E-state index contributed by atoms with van der Waals surface area (Å²) in [7, 11) is 0. The standard InChI is InChI=1S/C20H17Cl2N.ClH/c1-12-6-8-18-15(10-12)20(14-4-2-3-5-17(14)22)16-11-13(21)7-9-19(16)23-18;/h2-5,7,9,11-12H,6,8,10H2,1H3;1H. The Kier molecular flexibility index (Phi) is 5.05. The SMILES string of the molecule is CC1CCc2nc3ccc(Cl)cc3c(-c3ccccc3Cl)c2C1.Cl. The highest BCUT2D eigenvalue weighted by molar-refractivity contribution is 6.34. The Hall–Kier alpha value is -1.28. The first-order valence-corrected chi connectivity index (χ1v) is 8.75. The lowest BCUT2D eigenvalue weighted by Crippen LogP contribution is -2.14. The first-order chi connectivity index (χ1) is 11.1. The van der Waals surface area contributed by atoms with E-state index in [0.29, 0.717) is 5.92 Å². The monoisotopic (exact) mass is 377 g/mol. The van der Waals surface area contributed by atoms with E-state index < -0.39 is 0 Å². The van der Waals surface area contributed by atoms with Crippen LogP contribution in [0.1, 0.15) is 24.6 Å². The Morgan fingerprint density at radius 1 is 1.08 bits per heavy atom. The van der Waals surface area contributed by atoms with Crippen LogP contribution >= 0.6 is 35.6 Å². The number of pyridine rings is 1. The van der Waals surface area contributed by atoms with Gasteiger partial charge in [0.05, 0.1) is 5.52 Å². The number of benzene rings is 2. The lowest BCUT2D eigenvalue weighted by molar-refractivity contribution is 0.496. The van der Waals surface area contributed by atoms with Crippen LogP contribution in [0.2, 0.25) is 10.0 Å². The molecule has 1 aromatic heterocycles. The molecule has 3 aromatic rings. The van der Waals surface area contributed by atoms with Crippen molar-refractivity contribution in [1.29, 1.82) is 0 Å². The highest BCUT2D eigenvalue weighted by Crippen LogP contribution is 2.41. The molecule has 0 amide bonds. The summed E-state index contributed by atoms with van der Waals surface area (Å²) in [5.74, 6) is 0.669. The third-order valence-corrected chi connectivity index (χ3v) is 5.27. The van der Waals surface area contributed by atoms with Gasteiger partial charge in [0, 0.05) is 26.7 Å². The van der Waals surface area contributed by atoms with Crippen molar-refractivity contribution in [1.82, 2.24) is 4.98 Å². The van der Waals surface area contributed by atoms with Gasteiger partial charge in [-0.15, -0.1) is 12.4 Å². The molecule has 24 heavy (non-hydrogen) atoms. The smallest absolute Gasteiger partial charge is 0.0712 e. The Bertz CT molecular complexity index is 905. The van der Waals surface area contributed by atoms with E-state index in [2.05, 4.69) is 13.0 Å². The Labute approximate surface area is 158 Å². The average molecular weight is 379 g/mol. The third-order valence-electron chi connectivity index (χ3n) is 4.70. The van der Waals surface area contributed by atoms with E-state index in [4.69, 9.17) is 28.2 Å². The van der Waals surface area contributed by atoms with Crippen LogP contribution in [0.4, 0.5) is 0 Å². The minimum Gasteiger partial charge on any atom is -0.253 e. The van der Waals surface area contributed by atoms with Crippen molar-refractivity contribution in [3.63, 3.8) is 0 Å². The van der Waals surface area contributed by atoms with Gasteiger partial charge < -0.3 is 0 Å². The van der Waals surface area contributed by atoms with Gasteiger partial charge in [-0.2, -0.15) is 0 Å². The summed E-state index contributed by atoms with van der Waals surface area (Å²) in [6, 6.07) is 14.0. The molecule has 1 heterocycles. The van der Waals surface area contributed by atoms with Gasteiger partial charge in [0.1, 0.15) is 0 Å². The Morgan fingerprint density at radius 2 is 1.88 bits per heavy atom.